The number of aliphatic hydroxyl groups excluding tert-OH is 1. The Morgan fingerprint density at radius 1 is 1.00 bits per heavy atom. The number of aliphatic hydroxyl groups is 1. The van der Waals surface area contributed by atoms with E-state index in [0.717, 1.165) is 19.0 Å². The Morgan fingerprint density at radius 3 is 2.12 bits per heavy atom. The molecule has 0 aromatic heterocycles. The van der Waals surface area contributed by atoms with E-state index in [4.69, 9.17) is 11.8 Å². The summed E-state index contributed by atoms with van der Waals surface area (Å²) in [6.07, 6.45) is 10.7. The van der Waals surface area contributed by atoms with Crippen molar-refractivity contribution in [2.75, 3.05) is 6.16 Å². The molecular weight excluding hydrogens is 289 g/mol. The van der Waals surface area contributed by atoms with Crippen LogP contribution in [0.2, 0.25) is 0 Å². The fraction of sp³-hybridized carbons (Fsp3) is 1.00. The topological polar surface area (TPSA) is 20.2 Å². The minimum Gasteiger partial charge on any atom is -0.353 e. The van der Waals surface area contributed by atoms with Crippen molar-refractivity contribution in [2.45, 2.75) is 71.1 Å². The zero-order valence-electron chi connectivity index (χ0n) is 11.0. The summed E-state index contributed by atoms with van der Waals surface area (Å²) in [6.45, 7) is 3.87. The van der Waals surface area contributed by atoms with Crippen molar-refractivity contribution in [3.63, 3.8) is 0 Å². The standard InChI is InChI=1S/C12H26OPS.Zn/c1-3-5-7-8-9-10-12(13)14(15)11-6-4-2;/h12-13H,3-11H2,1-2H3;/q+1;. The van der Waals surface area contributed by atoms with Crippen LogP contribution < -0.4 is 0 Å². The van der Waals surface area contributed by atoms with Gasteiger partial charge in [-0.25, -0.2) is 0 Å². The summed E-state index contributed by atoms with van der Waals surface area (Å²) < 4.78 is 0. The van der Waals surface area contributed by atoms with E-state index in [1.165, 1.54) is 38.5 Å². The fourth-order valence-corrected chi connectivity index (χ4v) is 3.64. The molecule has 2 atom stereocenters. The van der Waals surface area contributed by atoms with Crippen molar-refractivity contribution < 1.29 is 24.6 Å². The van der Waals surface area contributed by atoms with Gasteiger partial charge >= 0.3 is 0 Å². The predicted octanol–water partition coefficient (Wildman–Crippen LogP) is 4.41. The number of unbranched alkanes of at least 4 members (excludes halogenated alkanes) is 5. The van der Waals surface area contributed by atoms with Crippen molar-refractivity contribution in [1.82, 2.24) is 0 Å². The molecule has 1 nitrogen and oxygen atoms in total. The summed E-state index contributed by atoms with van der Waals surface area (Å²) in [5.41, 5.74) is 0. The quantitative estimate of drug-likeness (QED) is 0.366. The molecule has 0 spiro atoms. The van der Waals surface area contributed by atoms with E-state index in [9.17, 15) is 5.11 Å². The van der Waals surface area contributed by atoms with Crippen molar-refractivity contribution in [3.8, 4) is 0 Å². The molecule has 16 heavy (non-hydrogen) atoms. The van der Waals surface area contributed by atoms with Gasteiger partial charge in [-0.1, -0.05) is 46.0 Å². The molecule has 0 amide bonds. The van der Waals surface area contributed by atoms with Crippen LogP contribution in [0.25, 0.3) is 0 Å². The molecule has 0 radical (unpaired) electrons. The van der Waals surface area contributed by atoms with E-state index in [1.54, 1.807) is 0 Å². The van der Waals surface area contributed by atoms with Gasteiger partial charge in [-0.2, -0.15) is 0 Å². The second kappa shape index (κ2) is 14.2. The first-order valence-corrected chi connectivity index (χ1v) is 8.95. The molecule has 2 unspecified atom stereocenters. The van der Waals surface area contributed by atoms with Gasteiger partial charge in [-0.05, 0) is 12.8 Å². The Kier molecular flexibility index (Phi) is 17.2. The van der Waals surface area contributed by atoms with Gasteiger partial charge in [0.15, 0.2) is 11.8 Å². The SMILES string of the molecule is CCCCCCCC(O)[P+](=S)CCCC.[Zn]. The van der Waals surface area contributed by atoms with Crippen molar-refractivity contribution >= 4 is 18.5 Å². The fourth-order valence-electron chi connectivity index (χ4n) is 1.54. The van der Waals surface area contributed by atoms with Gasteiger partial charge in [0.2, 0.25) is 12.5 Å². The summed E-state index contributed by atoms with van der Waals surface area (Å²) in [7, 11) is 0. The Morgan fingerprint density at radius 2 is 1.56 bits per heavy atom. The van der Waals surface area contributed by atoms with Gasteiger partial charge in [-0.3, -0.25) is 0 Å². The normalized spacial score (nSPS) is 13.1. The first-order valence-electron chi connectivity index (χ1n) is 6.34. The maximum absolute atomic E-state index is 9.83. The molecule has 0 fully saturated rings. The molecule has 0 aromatic carbocycles. The molecule has 0 rings (SSSR count). The molecule has 1 N–H and O–H groups in total. The largest absolute Gasteiger partial charge is 0.353 e. The van der Waals surface area contributed by atoms with Crippen LogP contribution in [0.1, 0.15) is 65.2 Å². The van der Waals surface area contributed by atoms with Gasteiger partial charge in [0, 0.05) is 25.9 Å². The van der Waals surface area contributed by atoms with Crippen LogP contribution in [0.4, 0.5) is 0 Å². The average molecular weight is 315 g/mol. The smallest absolute Gasteiger partial charge is 0.224 e. The predicted molar refractivity (Wildman–Crippen MR) is 73.4 cm³/mol. The first-order chi connectivity index (χ1) is 7.22. The molecular formula is C12H26OPSZn+. The molecule has 92 valence electrons. The van der Waals surface area contributed by atoms with E-state index in [0.29, 0.717) is 0 Å². The van der Waals surface area contributed by atoms with Crippen LogP contribution in [0.5, 0.6) is 0 Å². The molecule has 0 aliphatic rings. The minimum atomic E-state index is -0.533. The van der Waals surface area contributed by atoms with Gasteiger partial charge in [0.1, 0.15) is 6.16 Å². The molecule has 0 heterocycles. The maximum Gasteiger partial charge on any atom is 0.224 e. The van der Waals surface area contributed by atoms with E-state index >= 15 is 0 Å². The molecule has 0 bridgehead atoms. The van der Waals surface area contributed by atoms with Crippen molar-refractivity contribution in [1.29, 1.82) is 0 Å². The van der Waals surface area contributed by atoms with Gasteiger partial charge in [0.05, 0.1) is 0 Å². The second-order valence-corrected chi connectivity index (χ2v) is 7.46. The van der Waals surface area contributed by atoms with Crippen LogP contribution in [-0.2, 0) is 31.3 Å². The first kappa shape index (κ1) is 19.4. The zero-order chi connectivity index (χ0) is 11.5. The molecule has 0 saturated carbocycles. The second-order valence-electron chi connectivity index (χ2n) is 4.18. The summed E-state index contributed by atoms with van der Waals surface area (Å²) in [5.74, 6) is -0.178. The summed E-state index contributed by atoms with van der Waals surface area (Å²) >= 11 is 5.34. The van der Waals surface area contributed by atoms with Crippen molar-refractivity contribution in [2.24, 2.45) is 0 Å². The number of hydrogen-bond acceptors (Lipinski definition) is 2. The Balaban J connectivity index is 0. The monoisotopic (exact) mass is 313 g/mol. The minimum absolute atomic E-state index is 0. The molecule has 0 aliphatic carbocycles. The Bertz CT molecular complexity index is 167. The number of hydrogen-bond donors (Lipinski definition) is 1. The van der Waals surface area contributed by atoms with E-state index in [1.807, 2.05) is 0 Å². The third-order valence-electron chi connectivity index (χ3n) is 2.63. The zero-order valence-corrected chi connectivity index (χ0v) is 15.6. The van der Waals surface area contributed by atoms with Crippen LogP contribution in [0.15, 0.2) is 0 Å². The van der Waals surface area contributed by atoms with Crippen LogP contribution in [0.3, 0.4) is 0 Å². The van der Waals surface area contributed by atoms with E-state index in [-0.39, 0.29) is 25.3 Å². The molecule has 4 heteroatoms. The molecule has 0 aromatic rings. The van der Waals surface area contributed by atoms with Gasteiger partial charge in [-0.15, -0.1) is 0 Å². The van der Waals surface area contributed by atoms with Crippen LogP contribution in [0, 0.1) is 0 Å². The third-order valence-corrected chi connectivity index (χ3v) is 5.59. The van der Waals surface area contributed by atoms with Crippen molar-refractivity contribution in [3.05, 3.63) is 0 Å². The summed E-state index contributed by atoms with van der Waals surface area (Å²) in [6, 6.07) is 0. The molecule has 0 aliphatic heterocycles. The Labute approximate surface area is 120 Å². The third kappa shape index (κ3) is 11.6. The number of rotatable bonds is 10. The molecule has 0 saturated heterocycles. The van der Waals surface area contributed by atoms with Crippen LogP contribution in [-0.4, -0.2) is 17.1 Å². The van der Waals surface area contributed by atoms with E-state index in [2.05, 4.69) is 13.8 Å². The maximum atomic E-state index is 9.83. The van der Waals surface area contributed by atoms with Gasteiger partial charge < -0.3 is 5.11 Å². The summed E-state index contributed by atoms with van der Waals surface area (Å²) in [5, 5.41) is 9.83. The summed E-state index contributed by atoms with van der Waals surface area (Å²) in [4.78, 5) is 0. The van der Waals surface area contributed by atoms with Crippen LogP contribution >= 0.6 is 6.70 Å². The van der Waals surface area contributed by atoms with Gasteiger partial charge in [0.25, 0.3) is 0 Å². The van der Waals surface area contributed by atoms with E-state index < -0.39 is 6.70 Å². The Hall–Kier alpha value is 1.10. The average Bonchev–Trinajstić information content (AvgIpc) is 2.25.